The van der Waals surface area contributed by atoms with E-state index in [9.17, 15) is 4.79 Å². The van der Waals surface area contributed by atoms with E-state index in [-0.39, 0.29) is 12.6 Å². The van der Waals surface area contributed by atoms with Crippen LogP contribution in [-0.4, -0.2) is 35.1 Å². The summed E-state index contributed by atoms with van der Waals surface area (Å²) < 4.78 is 0. The molecule has 0 aliphatic carbocycles. The van der Waals surface area contributed by atoms with Crippen molar-refractivity contribution in [2.24, 2.45) is 5.73 Å². The van der Waals surface area contributed by atoms with Crippen LogP contribution in [0.1, 0.15) is 18.9 Å². The first-order chi connectivity index (χ1) is 8.08. The zero-order valence-corrected chi connectivity index (χ0v) is 10.2. The number of carboxylic acids is 1. The molecule has 0 unspecified atom stereocenters. The minimum Gasteiger partial charge on any atom is -0.480 e. The number of aliphatic carboxylic acids is 1. The molecule has 1 atom stereocenters. The van der Waals surface area contributed by atoms with Crippen molar-refractivity contribution in [1.29, 1.82) is 0 Å². The molecule has 0 aliphatic heterocycles. The fraction of sp³-hybridized carbons (Fsp3) is 0.462. The van der Waals surface area contributed by atoms with Crippen LogP contribution in [0.5, 0.6) is 0 Å². The molecule has 1 aromatic rings. The Morgan fingerprint density at radius 1 is 1.41 bits per heavy atom. The minimum atomic E-state index is -0.800. The van der Waals surface area contributed by atoms with E-state index in [2.05, 4.69) is 0 Å². The van der Waals surface area contributed by atoms with Gasteiger partial charge in [0.05, 0.1) is 6.54 Å². The van der Waals surface area contributed by atoms with Crippen molar-refractivity contribution in [3.63, 3.8) is 0 Å². The van der Waals surface area contributed by atoms with Crippen molar-refractivity contribution in [1.82, 2.24) is 4.90 Å². The summed E-state index contributed by atoms with van der Waals surface area (Å²) >= 11 is 0. The average molecular weight is 236 g/mol. The van der Waals surface area contributed by atoms with Gasteiger partial charge >= 0.3 is 5.97 Å². The van der Waals surface area contributed by atoms with Crippen LogP contribution in [0.2, 0.25) is 0 Å². The van der Waals surface area contributed by atoms with Crippen LogP contribution in [0.25, 0.3) is 0 Å². The zero-order chi connectivity index (χ0) is 12.7. The summed E-state index contributed by atoms with van der Waals surface area (Å²) in [5.41, 5.74) is 6.81. The number of hydrogen-bond donors (Lipinski definition) is 2. The Morgan fingerprint density at radius 2 is 2.06 bits per heavy atom. The van der Waals surface area contributed by atoms with Crippen LogP contribution >= 0.6 is 0 Å². The van der Waals surface area contributed by atoms with E-state index in [1.165, 1.54) is 0 Å². The second-order valence-electron chi connectivity index (χ2n) is 4.36. The van der Waals surface area contributed by atoms with Gasteiger partial charge in [0, 0.05) is 19.1 Å². The van der Waals surface area contributed by atoms with E-state index in [1.807, 2.05) is 42.2 Å². The lowest BCUT2D eigenvalue weighted by atomic mass is 10.2. The molecular formula is C13H20N2O2. The second-order valence-corrected chi connectivity index (χ2v) is 4.36. The molecule has 0 amide bonds. The van der Waals surface area contributed by atoms with Crippen molar-refractivity contribution >= 4 is 5.97 Å². The number of nitrogens with zero attached hydrogens (tertiary/aromatic N) is 1. The fourth-order valence-corrected chi connectivity index (χ4v) is 1.63. The van der Waals surface area contributed by atoms with Crippen molar-refractivity contribution in [2.45, 2.75) is 25.9 Å². The maximum absolute atomic E-state index is 10.8. The lowest BCUT2D eigenvalue weighted by molar-refractivity contribution is -0.138. The molecule has 94 valence electrons. The molecule has 0 bridgehead atoms. The molecule has 0 aromatic heterocycles. The Labute approximate surface area is 102 Å². The highest BCUT2D eigenvalue weighted by molar-refractivity contribution is 5.69. The summed E-state index contributed by atoms with van der Waals surface area (Å²) in [4.78, 5) is 12.7. The van der Waals surface area contributed by atoms with Crippen molar-refractivity contribution in [3.8, 4) is 0 Å². The quantitative estimate of drug-likeness (QED) is 0.749. The van der Waals surface area contributed by atoms with Gasteiger partial charge < -0.3 is 10.8 Å². The molecule has 3 N–H and O–H groups in total. The summed E-state index contributed by atoms with van der Waals surface area (Å²) in [6, 6.07) is 9.97. The topological polar surface area (TPSA) is 66.6 Å². The Kier molecular flexibility index (Phi) is 5.66. The van der Waals surface area contributed by atoms with Crippen LogP contribution in [0, 0.1) is 0 Å². The Balaban J connectivity index is 2.54. The largest absolute Gasteiger partial charge is 0.480 e. The van der Waals surface area contributed by atoms with Gasteiger partial charge in [0.2, 0.25) is 0 Å². The number of rotatable bonds is 7. The van der Waals surface area contributed by atoms with E-state index in [1.54, 1.807) is 0 Å². The van der Waals surface area contributed by atoms with Gasteiger partial charge in [-0.25, -0.2) is 0 Å². The van der Waals surface area contributed by atoms with Gasteiger partial charge in [-0.3, -0.25) is 9.69 Å². The van der Waals surface area contributed by atoms with Crippen molar-refractivity contribution < 1.29 is 9.90 Å². The maximum atomic E-state index is 10.8. The number of hydrogen-bond acceptors (Lipinski definition) is 3. The van der Waals surface area contributed by atoms with E-state index < -0.39 is 5.97 Å². The van der Waals surface area contributed by atoms with Gasteiger partial charge in [-0.1, -0.05) is 30.3 Å². The standard InChI is InChI=1S/C13H20N2O2/c1-11(14)7-8-15(10-13(16)17)9-12-5-3-2-4-6-12/h2-6,11H,7-10,14H2,1H3,(H,16,17)/t11-/m1/s1. The predicted molar refractivity (Wildman–Crippen MR) is 67.6 cm³/mol. The van der Waals surface area contributed by atoms with Gasteiger partial charge in [0.25, 0.3) is 0 Å². The molecule has 0 spiro atoms. The summed E-state index contributed by atoms with van der Waals surface area (Å²) in [7, 11) is 0. The van der Waals surface area contributed by atoms with Crippen LogP contribution in [0.15, 0.2) is 30.3 Å². The molecule has 4 nitrogen and oxygen atoms in total. The fourth-order valence-electron chi connectivity index (χ4n) is 1.63. The summed E-state index contributed by atoms with van der Waals surface area (Å²) in [5.74, 6) is -0.800. The van der Waals surface area contributed by atoms with E-state index >= 15 is 0 Å². The second kappa shape index (κ2) is 7.04. The predicted octanol–water partition coefficient (Wildman–Crippen LogP) is 1.31. The molecule has 1 rings (SSSR count). The average Bonchev–Trinajstić information content (AvgIpc) is 2.26. The Hall–Kier alpha value is -1.39. The molecule has 0 heterocycles. The van der Waals surface area contributed by atoms with Crippen LogP contribution in [0.4, 0.5) is 0 Å². The lowest BCUT2D eigenvalue weighted by Crippen LogP contribution is -2.33. The first kappa shape index (κ1) is 13.7. The SMILES string of the molecule is C[C@@H](N)CCN(CC(=O)O)Cc1ccccc1. The number of carbonyl (C=O) groups is 1. The van der Waals surface area contributed by atoms with Gasteiger partial charge in [-0.15, -0.1) is 0 Å². The van der Waals surface area contributed by atoms with Crippen LogP contribution in [0.3, 0.4) is 0 Å². The molecule has 4 heteroatoms. The molecule has 1 aromatic carbocycles. The van der Waals surface area contributed by atoms with Crippen molar-refractivity contribution in [3.05, 3.63) is 35.9 Å². The molecule has 17 heavy (non-hydrogen) atoms. The monoisotopic (exact) mass is 236 g/mol. The number of benzene rings is 1. The molecular weight excluding hydrogens is 216 g/mol. The summed E-state index contributed by atoms with van der Waals surface area (Å²) in [5, 5.41) is 8.85. The first-order valence-corrected chi connectivity index (χ1v) is 5.81. The highest BCUT2D eigenvalue weighted by Gasteiger charge is 2.10. The van der Waals surface area contributed by atoms with Crippen LogP contribution < -0.4 is 5.73 Å². The molecule has 0 fully saturated rings. The summed E-state index contributed by atoms with van der Waals surface area (Å²) in [6.45, 7) is 3.35. The molecule has 0 aliphatic rings. The number of carboxylic acid groups (broad SMARTS) is 1. The van der Waals surface area contributed by atoms with E-state index in [0.29, 0.717) is 13.1 Å². The maximum Gasteiger partial charge on any atom is 0.317 e. The van der Waals surface area contributed by atoms with Gasteiger partial charge in [-0.05, 0) is 18.9 Å². The van der Waals surface area contributed by atoms with Gasteiger partial charge in [0.15, 0.2) is 0 Å². The highest BCUT2D eigenvalue weighted by atomic mass is 16.4. The molecule has 0 saturated heterocycles. The highest BCUT2D eigenvalue weighted by Crippen LogP contribution is 2.05. The Bertz CT molecular complexity index is 339. The molecule has 0 radical (unpaired) electrons. The minimum absolute atomic E-state index is 0.0572. The van der Waals surface area contributed by atoms with Gasteiger partial charge in [0.1, 0.15) is 0 Å². The first-order valence-electron chi connectivity index (χ1n) is 5.81. The molecule has 0 saturated carbocycles. The van der Waals surface area contributed by atoms with Gasteiger partial charge in [-0.2, -0.15) is 0 Å². The summed E-state index contributed by atoms with van der Waals surface area (Å²) in [6.07, 6.45) is 0.806. The lowest BCUT2D eigenvalue weighted by Gasteiger charge is -2.21. The van der Waals surface area contributed by atoms with Crippen molar-refractivity contribution in [2.75, 3.05) is 13.1 Å². The zero-order valence-electron chi connectivity index (χ0n) is 10.2. The third-order valence-corrected chi connectivity index (χ3v) is 2.51. The van der Waals surface area contributed by atoms with Crippen LogP contribution in [-0.2, 0) is 11.3 Å². The smallest absolute Gasteiger partial charge is 0.317 e. The third kappa shape index (κ3) is 6.04. The van der Waals surface area contributed by atoms with E-state index in [0.717, 1.165) is 12.0 Å². The normalized spacial score (nSPS) is 12.6. The Morgan fingerprint density at radius 3 is 2.59 bits per heavy atom. The van der Waals surface area contributed by atoms with E-state index in [4.69, 9.17) is 10.8 Å². The number of nitrogens with two attached hydrogens (primary N) is 1. The third-order valence-electron chi connectivity index (χ3n) is 2.51.